The fraction of sp³-hybridized carbons (Fsp3) is 0.296. The minimum atomic E-state index is 0. The smallest absolute Gasteiger partial charge is 0.159 e. The molecule has 2 aromatic carbocycles. The maximum atomic E-state index is 5.09. The second-order valence-corrected chi connectivity index (χ2v) is 9.17. The molecule has 3 aromatic heterocycles. The van der Waals surface area contributed by atoms with Crippen molar-refractivity contribution in [2.24, 2.45) is 0 Å². The van der Waals surface area contributed by atoms with Gasteiger partial charge in [0.15, 0.2) is 11.6 Å². The molecule has 0 bridgehead atoms. The summed E-state index contributed by atoms with van der Waals surface area (Å²) in [4.78, 5) is 19.4. The number of hydrogen-bond acceptors (Lipinski definition) is 5. The van der Waals surface area contributed by atoms with Gasteiger partial charge in [0.25, 0.3) is 0 Å². The van der Waals surface area contributed by atoms with E-state index in [2.05, 4.69) is 89.6 Å². The van der Waals surface area contributed by atoms with Crippen molar-refractivity contribution < 1.29 is 55.8 Å². The van der Waals surface area contributed by atoms with E-state index in [-0.39, 0.29) is 55.8 Å². The second-order valence-electron chi connectivity index (χ2n) is 9.17. The van der Waals surface area contributed by atoms with Gasteiger partial charge in [-0.2, -0.15) is 0 Å². The molecule has 0 spiro atoms. The second kappa shape index (κ2) is 14.9. The zero-order valence-electron chi connectivity index (χ0n) is 21.9. The first-order chi connectivity index (χ1) is 16.5. The molecule has 1 radical (unpaired) electrons. The molecule has 203 valence electrons. The van der Waals surface area contributed by atoms with Crippen LogP contribution in [0.2, 0.25) is 0 Å². The standard InChI is InChI=1S/C27H31N7.3ClH.V/c1-31(2)16-18-33-24-14-7-5-10-20(24)29-26(33)22-12-9-13-23(28-22)27-30-21-11-6-8-15-25(21)34(27)19-17-32(3)4;;;;/h5-15H,16-19H2,1-4H3;3*1H;/p-3. The van der Waals surface area contributed by atoms with Crippen LogP contribution >= 0.6 is 0 Å². The van der Waals surface area contributed by atoms with Gasteiger partial charge in [0.2, 0.25) is 0 Å². The van der Waals surface area contributed by atoms with Crippen LogP contribution in [-0.4, -0.2) is 75.2 Å². The van der Waals surface area contributed by atoms with Gasteiger partial charge >= 0.3 is 0 Å². The molecule has 0 saturated carbocycles. The number of likely N-dealkylation sites (N-methyl/N-ethyl adjacent to an activating group) is 2. The summed E-state index contributed by atoms with van der Waals surface area (Å²) in [6.45, 7) is 3.53. The molecule has 0 fully saturated rings. The van der Waals surface area contributed by atoms with Crippen molar-refractivity contribution in [3.05, 3.63) is 66.7 Å². The van der Waals surface area contributed by atoms with Gasteiger partial charge in [-0.05, 0) is 64.6 Å². The molecule has 0 aliphatic heterocycles. The molecule has 0 N–H and O–H groups in total. The van der Waals surface area contributed by atoms with Gasteiger partial charge in [0, 0.05) is 44.7 Å². The van der Waals surface area contributed by atoms with Crippen LogP contribution in [0, 0.1) is 0 Å². The number of benzene rings is 2. The Kier molecular flexibility index (Phi) is 13.3. The molecule has 38 heavy (non-hydrogen) atoms. The molecule has 11 heteroatoms. The van der Waals surface area contributed by atoms with Crippen molar-refractivity contribution in [1.82, 2.24) is 33.9 Å². The summed E-state index contributed by atoms with van der Waals surface area (Å²) in [5.41, 5.74) is 5.95. The molecule has 3 heterocycles. The average molecular weight is 611 g/mol. The minimum absolute atomic E-state index is 0. The Labute approximate surface area is 254 Å². The summed E-state index contributed by atoms with van der Waals surface area (Å²) in [5.74, 6) is 1.78. The fourth-order valence-corrected chi connectivity index (χ4v) is 4.28. The zero-order chi connectivity index (χ0) is 23.7. The topological polar surface area (TPSA) is 55.0 Å². The fourth-order valence-electron chi connectivity index (χ4n) is 4.28. The molecule has 0 amide bonds. The molecule has 0 atom stereocenters. The minimum Gasteiger partial charge on any atom is -1.00 e. The first-order valence-corrected chi connectivity index (χ1v) is 11.7. The van der Waals surface area contributed by atoms with Crippen LogP contribution < -0.4 is 37.2 Å². The Balaban J connectivity index is 0.00000180. The monoisotopic (exact) mass is 609 g/mol. The van der Waals surface area contributed by atoms with E-state index in [9.17, 15) is 0 Å². The molecule has 0 aliphatic carbocycles. The molecule has 0 saturated heterocycles. The molecule has 5 aromatic rings. The third kappa shape index (κ3) is 7.10. The predicted octanol–water partition coefficient (Wildman–Crippen LogP) is -4.75. The van der Waals surface area contributed by atoms with Crippen LogP contribution in [-0.2, 0) is 31.6 Å². The van der Waals surface area contributed by atoms with Crippen LogP contribution in [0.4, 0.5) is 0 Å². The average Bonchev–Trinajstić information content (AvgIpc) is 3.40. The van der Waals surface area contributed by atoms with Crippen LogP contribution in [0.5, 0.6) is 0 Å². The third-order valence-electron chi connectivity index (χ3n) is 6.06. The quantitative estimate of drug-likeness (QED) is 0.177. The normalized spacial score (nSPS) is 10.7. The van der Waals surface area contributed by atoms with Crippen LogP contribution in [0.1, 0.15) is 0 Å². The number of imidazole rings is 2. The van der Waals surface area contributed by atoms with Gasteiger partial charge < -0.3 is 56.2 Å². The Morgan fingerprint density at radius 1 is 0.553 bits per heavy atom. The van der Waals surface area contributed by atoms with Crippen molar-refractivity contribution in [2.75, 3.05) is 41.3 Å². The van der Waals surface area contributed by atoms with Crippen molar-refractivity contribution in [1.29, 1.82) is 0 Å². The Morgan fingerprint density at radius 3 is 1.34 bits per heavy atom. The van der Waals surface area contributed by atoms with E-state index in [1.165, 1.54) is 0 Å². The molecular weight excluding hydrogens is 580 g/mol. The van der Waals surface area contributed by atoms with Crippen LogP contribution in [0.25, 0.3) is 45.1 Å². The van der Waals surface area contributed by atoms with E-state index in [1.807, 2.05) is 24.3 Å². The van der Waals surface area contributed by atoms with Crippen molar-refractivity contribution in [2.45, 2.75) is 13.1 Å². The summed E-state index contributed by atoms with van der Waals surface area (Å²) in [6, 6.07) is 22.7. The van der Waals surface area contributed by atoms with E-state index in [0.717, 1.165) is 71.3 Å². The van der Waals surface area contributed by atoms with E-state index >= 15 is 0 Å². The largest absolute Gasteiger partial charge is 1.00 e. The number of pyridine rings is 1. The summed E-state index contributed by atoms with van der Waals surface area (Å²) < 4.78 is 4.55. The van der Waals surface area contributed by atoms with Crippen molar-refractivity contribution in [3.8, 4) is 23.0 Å². The predicted molar refractivity (Wildman–Crippen MR) is 139 cm³/mol. The summed E-state index contributed by atoms with van der Waals surface area (Å²) in [7, 11) is 8.37. The zero-order valence-corrected chi connectivity index (χ0v) is 25.6. The van der Waals surface area contributed by atoms with E-state index < -0.39 is 0 Å². The third-order valence-corrected chi connectivity index (χ3v) is 6.06. The number of hydrogen-bond donors (Lipinski definition) is 0. The number of fused-ring (bicyclic) bond motifs is 2. The van der Waals surface area contributed by atoms with Crippen LogP contribution in [0.3, 0.4) is 0 Å². The Bertz CT molecular complexity index is 1340. The number of para-hydroxylation sites is 4. The van der Waals surface area contributed by atoms with Gasteiger partial charge in [-0.25, -0.2) is 15.0 Å². The Hall–Kier alpha value is -2.10. The maximum absolute atomic E-state index is 5.09. The summed E-state index contributed by atoms with van der Waals surface area (Å²) in [6.07, 6.45) is 0. The SMILES string of the molecule is CN(C)CCn1c(-c2cccc(-c3nc4ccccc4n3CCN(C)C)n2)nc2ccccc21.[Cl-].[Cl-].[Cl-].[V]. The molecule has 0 aliphatic rings. The van der Waals surface area contributed by atoms with Gasteiger partial charge in [-0.1, -0.05) is 30.3 Å². The van der Waals surface area contributed by atoms with E-state index in [1.54, 1.807) is 0 Å². The number of aromatic nitrogens is 5. The van der Waals surface area contributed by atoms with Crippen molar-refractivity contribution >= 4 is 22.1 Å². The summed E-state index contributed by atoms with van der Waals surface area (Å²) in [5, 5.41) is 0. The first-order valence-electron chi connectivity index (χ1n) is 11.7. The molecule has 5 rings (SSSR count). The number of rotatable bonds is 8. The van der Waals surface area contributed by atoms with Gasteiger partial charge in [-0.3, -0.25) is 0 Å². The molecule has 7 nitrogen and oxygen atoms in total. The van der Waals surface area contributed by atoms with Gasteiger partial charge in [0.1, 0.15) is 11.4 Å². The molecule has 0 unspecified atom stereocenters. The van der Waals surface area contributed by atoms with Gasteiger partial charge in [0.05, 0.1) is 22.1 Å². The first kappa shape index (κ1) is 33.9. The van der Waals surface area contributed by atoms with Crippen LogP contribution in [0.15, 0.2) is 66.7 Å². The van der Waals surface area contributed by atoms with Gasteiger partial charge in [-0.15, -0.1) is 0 Å². The Morgan fingerprint density at radius 2 is 0.947 bits per heavy atom. The number of halogens is 3. The summed E-state index contributed by atoms with van der Waals surface area (Å²) >= 11 is 0. The maximum Gasteiger partial charge on any atom is 0.159 e. The van der Waals surface area contributed by atoms with Crippen molar-refractivity contribution in [3.63, 3.8) is 0 Å². The molecular formula is C27H31Cl3N7V-3. The van der Waals surface area contributed by atoms with E-state index in [4.69, 9.17) is 15.0 Å². The number of nitrogens with zero attached hydrogens (tertiary/aromatic N) is 7. The van der Waals surface area contributed by atoms with E-state index in [0.29, 0.717) is 0 Å².